The maximum Gasteiger partial charge on any atom is 0.335 e. The van der Waals surface area contributed by atoms with Crippen molar-refractivity contribution in [3.8, 4) is 0 Å². The van der Waals surface area contributed by atoms with Crippen LogP contribution in [0.3, 0.4) is 0 Å². The maximum absolute atomic E-state index is 10.9. The zero-order chi connectivity index (χ0) is 14.8. The van der Waals surface area contributed by atoms with Crippen molar-refractivity contribution in [2.24, 2.45) is 0 Å². The van der Waals surface area contributed by atoms with E-state index in [0.29, 0.717) is 13.2 Å². The van der Waals surface area contributed by atoms with Crippen LogP contribution in [0.5, 0.6) is 0 Å². The number of esters is 1. The summed E-state index contributed by atoms with van der Waals surface area (Å²) >= 11 is 0. The zero-order valence-electron chi connectivity index (χ0n) is 11.3. The quantitative estimate of drug-likeness (QED) is 0.431. The Balaban J connectivity index is 0.000000344. The smallest absolute Gasteiger partial charge is 0.335 e. The van der Waals surface area contributed by atoms with Crippen LogP contribution in [-0.2, 0) is 19.1 Å². The van der Waals surface area contributed by atoms with E-state index in [1.54, 1.807) is 0 Å². The van der Waals surface area contributed by atoms with E-state index in [1.165, 1.54) is 19.9 Å². The number of nitrogens with one attached hydrogen (secondary N) is 1. The molecule has 2 N–H and O–H groups in total. The second-order valence-corrected chi connectivity index (χ2v) is 3.95. The number of carbonyl (C=O) groups is 2. The van der Waals surface area contributed by atoms with E-state index in [-0.39, 0.29) is 17.5 Å². The third-order valence-corrected chi connectivity index (χ3v) is 2.07. The lowest BCUT2D eigenvalue weighted by Crippen LogP contribution is -2.42. The van der Waals surface area contributed by atoms with Crippen LogP contribution in [0.2, 0.25) is 0 Å². The van der Waals surface area contributed by atoms with Gasteiger partial charge in [0.1, 0.15) is 6.10 Å². The number of ether oxygens (including phenoxy) is 2. The molecule has 6 nitrogen and oxygen atoms in total. The first-order valence-electron chi connectivity index (χ1n) is 5.91. The Hall–Kier alpha value is -1.50. The highest BCUT2D eigenvalue weighted by Gasteiger charge is 2.18. The fraction of sp³-hybridized carbons (Fsp3) is 0.538. The minimum Gasteiger partial charge on any atom is -0.433 e. The van der Waals surface area contributed by atoms with Gasteiger partial charge in [-0.05, 0) is 19.9 Å². The molecule has 0 aliphatic carbocycles. The minimum absolute atomic E-state index is 0.0350. The molecule has 0 saturated carbocycles. The van der Waals surface area contributed by atoms with Crippen LogP contribution in [0.25, 0.3) is 0 Å². The molecule has 2 unspecified atom stereocenters. The molecule has 0 aromatic heterocycles. The van der Waals surface area contributed by atoms with Crippen molar-refractivity contribution in [1.29, 1.82) is 0 Å². The van der Waals surface area contributed by atoms with Crippen LogP contribution in [0.15, 0.2) is 24.8 Å². The van der Waals surface area contributed by atoms with Crippen LogP contribution < -0.4 is 5.32 Å². The van der Waals surface area contributed by atoms with Gasteiger partial charge in [-0.1, -0.05) is 13.2 Å². The Morgan fingerprint density at radius 1 is 1.58 bits per heavy atom. The number of rotatable bonds is 4. The van der Waals surface area contributed by atoms with Crippen LogP contribution in [0, 0.1) is 0 Å². The number of carbonyl (C=O) groups excluding carboxylic acids is 2. The summed E-state index contributed by atoms with van der Waals surface area (Å²) in [5.41, 5.74) is 0.288. The summed E-state index contributed by atoms with van der Waals surface area (Å²) in [6.07, 6.45) is -0.0436. The second kappa shape index (κ2) is 9.43. The molecule has 0 radical (unpaired) electrons. The second-order valence-electron chi connectivity index (χ2n) is 3.95. The number of aliphatic hydroxyl groups excluding tert-OH is 1. The molecule has 19 heavy (non-hydrogen) atoms. The molecule has 1 saturated heterocycles. The van der Waals surface area contributed by atoms with Gasteiger partial charge in [-0.3, -0.25) is 4.79 Å². The summed E-state index contributed by atoms with van der Waals surface area (Å²) in [6, 6.07) is 0. The summed E-state index contributed by atoms with van der Waals surface area (Å²) in [6.45, 7) is 11.6. The predicted molar refractivity (Wildman–Crippen MR) is 70.4 cm³/mol. The molecule has 0 amide bonds. The van der Waals surface area contributed by atoms with Gasteiger partial charge < -0.3 is 19.9 Å². The first kappa shape index (κ1) is 17.5. The fourth-order valence-electron chi connectivity index (χ4n) is 1.14. The van der Waals surface area contributed by atoms with Crippen LogP contribution in [0.1, 0.15) is 13.8 Å². The zero-order valence-corrected chi connectivity index (χ0v) is 11.3. The lowest BCUT2D eigenvalue weighted by molar-refractivity contribution is -0.159. The highest BCUT2D eigenvalue weighted by molar-refractivity contribution is 5.93. The van der Waals surface area contributed by atoms with Crippen molar-refractivity contribution < 1.29 is 24.2 Å². The van der Waals surface area contributed by atoms with Gasteiger partial charge in [0.15, 0.2) is 12.1 Å². The fourth-order valence-corrected chi connectivity index (χ4v) is 1.14. The highest BCUT2D eigenvalue weighted by atomic mass is 16.6. The van der Waals surface area contributed by atoms with Gasteiger partial charge in [-0.2, -0.15) is 0 Å². The molecule has 108 valence electrons. The van der Waals surface area contributed by atoms with Crippen molar-refractivity contribution in [2.45, 2.75) is 26.2 Å². The van der Waals surface area contributed by atoms with E-state index >= 15 is 0 Å². The van der Waals surface area contributed by atoms with Crippen molar-refractivity contribution >= 4 is 11.8 Å². The molecule has 0 aromatic carbocycles. The number of morpholine rings is 1. The van der Waals surface area contributed by atoms with Gasteiger partial charge in [0.05, 0.1) is 6.61 Å². The van der Waals surface area contributed by atoms with Crippen LogP contribution in [-0.4, -0.2) is 48.9 Å². The molecule has 0 spiro atoms. The summed E-state index contributed by atoms with van der Waals surface area (Å²) in [7, 11) is 0. The third kappa shape index (κ3) is 8.25. The third-order valence-electron chi connectivity index (χ3n) is 2.07. The first-order chi connectivity index (χ1) is 8.88. The van der Waals surface area contributed by atoms with E-state index in [9.17, 15) is 9.59 Å². The Morgan fingerprint density at radius 2 is 2.21 bits per heavy atom. The largest absolute Gasteiger partial charge is 0.433 e. The summed E-state index contributed by atoms with van der Waals surface area (Å²) in [4.78, 5) is 21.4. The number of ketones is 1. The summed E-state index contributed by atoms with van der Waals surface area (Å²) in [5.74, 6) is -0.600. The molecule has 1 fully saturated rings. The predicted octanol–water partition coefficient (Wildman–Crippen LogP) is 0.174. The van der Waals surface area contributed by atoms with Crippen molar-refractivity contribution in [2.75, 3.05) is 19.7 Å². The summed E-state index contributed by atoms with van der Waals surface area (Å²) < 4.78 is 9.48. The number of aliphatic hydroxyl groups is 1. The Bertz CT molecular complexity index is 332. The van der Waals surface area contributed by atoms with Gasteiger partial charge in [-0.25, -0.2) is 4.79 Å². The lowest BCUT2D eigenvalue weighted by Gasteiger charge is -2.20. The molecule has 1 aliphatic rings. The van der Waals surface area contributed by atoms with Gasteiger partial charge in [0.25, 0.3) is 0 Å². The SMILES string of the molecule is C=C(C)C(=O)OC(C)O.C=CC(=O)C1CNCCO1. The van der Waals surface area contributed by atoms with Gasteiger partial charge in [-0.15, -0.1) is 0 Å². The number of hydrogen-bond donors (Lipinski definition) is 2. The van der Waals surface area contributed by atoms with E-state index in [2.05, 4.69) is 23.2 Å². The summed E-state index contributed by atoms with van der Waals surface area (Å²) in [5, 5.41) is 11.5. The molecule has 1 aliphatic heterocycles. The highest BCUT2D eigenvalue weighted by Crippen LogP contribution is 1.97. The van der Waals surface area contributed by atoms with Gasteiger partial charge in [0.2, 0.25) is 0 Å². The Labute approximate surface area is 113 Å². The normalized spacial score (nSPS) is 19.4. The van der Waals surface area contributed by atoms with Crippen LogP contribution in [0.4, 0.5) is 0 Å². The molecule has 1 rings (SSSR count). The van der Waals surface area contributed by atoms with Crippen molar-refractivity contribution in [3.05, 3.63) is 24.8 Å². The monoisotopic (exact) mass is 271 g/mol. The maximum atomic E-state index is 10.9. The molecule has 6 heteroatoms. The molecular formula is C13H21NO5. The molecule has 0 bridgehead atoms. The molecule has 0 aromatic rings. The first-order valence-corrected chi connectivity index (χ1v) is 5.91. The van der Waals surface area contributed by atoms with E-state index in [1.807, 2.05) is 0 Å². The topological polar surface area (TPSA) is 84.9 Å². The average Bonchev–Trinajstić information content (AvgIpc) is 2.38. The number of hydrogen-bond acceptors (Lipinski definition) is 6. The lowest BCUT2D eigenvalue weighted by atomic mass is 10.2. The average molecular weight is 271 g/mol. The molecular weight excluding hydrogens is 250 g/mol. The minimum atomic E-state index is -1.05. The van der Waals surface area contributed by atoms with Crippen molar-refractivity contribution in [3.63, 3.8) is 0 Å². The Kier molecular flexibility index (Phi) is 8.69. The van der Waals surface area contributed by atoms with Gasteiger partial charge in [0, 0.05) is 18.7 Å². The van der Waals surface area contributed by atoms with Crippen LogP contribution >= 0.6 is 0 Å². The standard InChI is InChI=1S/C7H11NO2.C6H10O3/c1-2-6(9)7-5-8-3-4-10-7;1-4(2)6(8)9-5(3)7/h2,7-8H,1,3-5H2;5,7H,1H2,2-3H3. The van der Waals surface area contributed by atoms with E-state index in [4.69, 9.17) is 9.84 Å². The Morgan fingerprint density at radius 3 is 2.53 bits per heavy atom. The molecule has 1 heterocycles. The van der Waals surface area contributed by atoms with Gasteiger partial charge >= 0.3 is 5.97 Å². The molecule has 2 atom stereocenters. The van der Waals surface area contributed by atoms with Crippen molar-refractivity contribution in [1.82, 2.24) is 5.32 Å². The van der Waals surface area contributed by atoms with E-state index < -0.39 is 12.3 Å². The van der Waals surface area contributed by atoms with E-state index in [0.717, 1.165) is 6.54 Å².